The van der Waals surface area contributed by atoms with Gasteiger partial charge in [-0.3, -0.25) is 9.59 Å². The Morgan fingerprint density at radius 3 is 2.38 bits per heavy atom. The number of ether oxygens (including phenoxy) is 1. The van der Waals surface area contributed by atoms with Crippen molar-refractivity contribution in [1.82, 2.24) is 10.7 Å². The van der Waals surface area contributed by atoms with E-state index in [1.165, 1.54) is 11.8 Å². The van der Waals surface area contributed by atoms with Gasteiger partial charge in [0.2, 0.25) is 0 Å². The van der Waals surface area contributed by atoms with E-state index in [9.17, 15) is 9.59 Å². The van der Waals surface area contributed by atoms with Crippen molar-refractivity contribution in [3.05, 3.63) is 100 Å². The SMILES string of the molecule is Cc1ccc(COc2ccc(C=NNC(=O)C(NC(=O)c3cccc(Cl)c3)C(C)C)cc2)cc1. The van der Waals surface area contributed by atoms with Gasteiger partial charge in [-0.15, -0.1) is 0 Å². The molecule has 3 rings (SSSR count). The van der Waals surface area contributed by atoms with Crippen LogP contribution in [0.15, 0.2) is 77.9 Å². The molecule has 6 nitrogen and oxygen atoms in total. The van der Waals surface area contributed by atoms with Gasteiger partial charge in [0.15, 0.2) is 0 Å². The average molecular weight is 478 g/mol. The molecule has 0 fully saturated rings. The molecule has 0 radical (unpaired) electrons. The summed E-state index contributed by atoms with van der Waals surface area (Å²) in [6.07, 6.45) is 1.54. The summed E-state index contributed by atoms with van der Waals surface area (Å²) in [5.74, 6) is -0.171. The lowest BCUT2D eigenvalue weighted by atomic mass is 10.0. The summed E-state index contributed by atoms with van der Waals surface area (Å²) in [6, 6.07) is 21.4. The molecule has 176 valence electrons. The molecule has 2 N–H and O–H groups in total. The third-order valence-corrected chi connectivity index (χ3v) is 5.35. The molecule has 0 spiro atoms. The summed E-state index contributed by atoms with van der Waals surface area (Å²) in [7, 11) is 0. The number of hydrogen-bond acceptors (Lipinski definition) is 4. The number of aryl methyl sites for hydroxylation is 1. The summed E-state index contributed by atoms with van der Waals surface area (Å²) in [5.41, 5.74) is 6.00. The average Bonchev–Trinajstić information content (AvgIpc) is 2.82. The maximum absolute atomic E-state index is 12.6. The zero-order chi connectivity index (χ0) is 24.5. The Balaban J connectivity index is 1.52. The van der Waals surface area contributed by atoms with Crippen LogP contribution in [0.1, 0.15) is 40.9 Å². The second-order valence-corrected chi connectivity index (χ2v) is 8.72. The molecule has 0 heterocycles. The van der Waals surface area contributed by atoms with E-state index in [2.05, 4.69) is 28.0 Å². The van der Waals surface area contributed by atoms with Crippen LogP contribution >= 0.6 is 11.6 Å². The number of hydrazone groups is 1. The van der Waals surface area contributed by atoms with Gasteiger partial charge in [-0.2, -0.15) is 5.10 Å². The standard InChI is InChI=1S/C27H28ClN3O3/c1-18(2)25(30-26(32)22-5-4-6-23(28)15-22)27(33)31-29-16-20-11-13-24(14-12-20)34-17-21-9-7-19(3)8-10-21/h4-16,18,25H,17H2,1-3H3,(H,30,32)(H,31,33). The van der Waals surface area contributed by atoms with E-state index < -0.39 is 11.9 Å². The summed E-state index contributed by atoms with van der Waals surface area (Å²) in [6.45, 7) is 6.23. The second-order valence-electron chi connectivity index (χ2n) is 8.28. The Kier molecular flexibility index (Phi) is 8.82. The third-order valence-electron chi connectivity index (χ3n) is 5.12. The summed E-state index contributed by atoms with van der Waals surface area (Å²) in [4.78, 5) is 25.1. The van der Waals surface area contributed by atoms with E-state index in [-0.39, 0.29) is 11.8 Å². The van der Waals surface area contributed by atoms with Crippen molar-refractivity contribution in [3.8, 4) is 5.75 Å². The highest BCUT2D eigenvalue weighted by Gasteiger charge is 2.24. The van der Waals surface area contributed by atoms with Crippen LogP contribution in [0.5, 0.6) is 5.75 Å². The third kappa shape index (κ3) is 7.46. The highest BCUT2D eigenvalue weighted by Crippen LogP contribution is 2.14. The minimum absolute atomic E-state index is 0.136. The Morgan fingerprint density at radius 2 is 1.74 bits per heavy atom. The summed E-state index contributed by atoms with van der Waals surface area (Å²) >= 11 is 5.95. The zero-order valence-electron chi connectivity index (χ0n) is 19.4. The molecule has 0 aliphatic rings. The van der Waals surface area contributed by atoms with Gasteiger partial charge in [-0.1, -0.05) is 61.3 Å². The van der Waals surface area contributed by atoms with E-state index in [0.29, 0.717) is 17.2 Å². The number of rotatable bonds is 9. The van der Waals surface area contributed by atoms with E-state index in [1.807, 2.05) is 57.2 Å². The van der Waals surface area contributed by atoms with Crippen LogP contribution in [-0.4, -0.2) is 24.1 Å². The fourth-order valence-corrected chi connectivity index (χ4v) is 3.32. The van der Waals surface area contributed by atoms with Gasteiger partial charge in [-0.25, -0.2) is 5.43 Å². The molecule has 0 bridgehead atoms. The van der Waals surface area contributed by atoms with E-state index in [4.69, 9.17) is 16.3 Å². The maximum Gasteiger partial charge on any atom is 0.262 e. The predicted octanol–water partition coefficient (Wildman–Crippen LogP) is 5.13. The number of amides is 2. The largest absolute Gasteiger partial charge is 0.489 e. The van der Waals surface area contributed by atoms with Crippen LogP contribution < -0.4 is 15.5 Å². The molecule has 0 aliphatic carbocycles. The first-order valence-electron chi connectivity index (χ1n) is 11.0. The van der Waals surface area contributed by atoms with Crippen LogP contribution in [0.4, 0.5) is 0 Å². The summed E-state index contributed by atoms with van der Waals surface area (Å²) < 4.78 is 5.81. The topological polar surface area (TPSA) is 79.8 Å². The molecule has 1 unspecified atom stereocenters. The van der Waals surface area contributed by atoms with Gasteiger partial charge in [0.1, 0.15) is 18.4 Å². The first-order chi connectivity index (χ1) is 16.3. The number of carbonyl (C=O) groups is 2. The molecule has 0 saturated carbocycles. The second kappa shape index (κ2) is 12.0. The van der Waals surface area contributed by atoms with Crippen LogP contribution in [0, 0.1) is 12.8 Å². The summed E-state index contributed by atoms with van der Waals surface area (Å²) in [5, 5.41) is 7.23. The Bertz CT molecular complexity index is 1140. The van der Waals surface area contributed by atoms with Crippen LogP contribution in [0.25, 0.3) is 0 Å². The lowest BCUT2D eigenvalue weighted by Crippen LogP contribution is -2.48. The molecule has 3 aromatic rings. The minimum Gasteiger partial charge on any atom is -0.489 e. The van der Waals surface area contributed by atoms with Gasteiger partial charge in [0, 0.05) is 10.6 Å². The fourth-order valence-electron chi connectivity index (χ4n) is 3.13. The van der Waals surface area contributed by atoms with Gasteiger partial charge in [0.25, 0.3) is 11.8 Å². The first-order valence-corrected chi connectivity index (χ1v) is 11.4. The minimum atomic E-state index is -0.749. The number of nitrogens with zero attached hydrogens (tertiary/aromatic N) is 1. The predicted molar refractivity (Wildman–Crippen MR) is 135 cm³/mol. The van der Waals surface area contributed by atoms with Crippen molar-refractivity contribution in [2.75, 3.05) is 0 Å². The monoisotopic (exact) mass is 477 g/mol. The number of halogens is 1. The van der Waals surface area contributed by atoms with Crippen LogP contribution in [0.3, 0.4) is 0 Å². The Morgan fingerprint density at radius 1 is 1.03 bits per heavy atom. The highest BCUT2D eigenvalue weighted by molar-refractivity contribution is 6.31. The Hall–Kier alpha value is -3.64. The zero-order valence-corrected chi connectivity index (χ0v) is 20.2. The number of benzene rings is 3. The molecule has 3 aromatic carbocycles. The molecular formula is C27H28ClN3O3. The van der Waals surface area contributed by atoms with Crippen molar-refractivity contribution >= 4 is 29.6 Å². The number of hydrogen-bond donors (Lipinski definition) is 2. The van der Waals surface area contributed by atoms with E-state index >= 15 is 0 Å². The normalized spacial score (nSPS) is 11.9. The molecule has 0 aliphatic heterocycles. The molecule has 7 heteroatoms. The van der Waals surface area contributed by atoms with E-state index in [0.717, 1.165) is 16.9 Å². The molecule has 1 atom stereocenters. The quantitative estimate of drug-likeness (QED) is 0.331. The molecular weight excluding hydrogens is 450 g/mol. The lowest BCUT2D eigenvalue weighted by molar-refractivity contribution is -0.123. The molecule has 0 aromatic heterocycles. The van der Waals surface area contributed by atoms with Crippen LogP contribution in [0.2, 0.25) is 5.02 Å². The van der Waals surface area contributed by atoms with E-state index in [1.54, 1.807) is 24.3 Å². The van der Waals surface area contributed by atoms with Crippen molar-refractivity contribution < 1.29 is 14.3 Å². The van der Waals surface area contributed by atoms with Crippen molar-refractivity contribution in [3.63, 3.8) is 0 Å². The molecule has 34 heavy (non-hydrogen) atoms. The fraction of sp³-hybridized carbons (Fsp3) is 0.222. The number of nitrogens with one attached hydrogen (secondary N) is 2. The maximum atomic E-state index is 12.6. The lowest BCUT2D eigenvalue weighted by Gasteiger charge is -2.20. The van der Waals surface area contributed by atoms with Gasteiger partial charge >= 0.3 is 0 Å². The van der Waals surface area contributed by atoms with Gasteiger partial charge in [-0.05, 0) is 66.4 Å². The first kappa shape index (κ1) is 25.0. The van der Waals surface area contributed by atoms with Crippen molar-refractivity contribution in [2.24, 2.45) is 11.0 Å². The smallest absolute Gasteiger partial charge is 0.262 e. The highest BCUT2D eigenvalue weighted by atomic mass is 35.5. The van der Waals surface area contributed by atoms with Crippen LogP contribution in [-0.2, 0) is 11.4 Å². The van der Waals surface area contributed by atoms with Gasteiger partial charge in [0.05, 0.1) is 6.21 Å². The molecule has 0 saturated heterocycles. The number of carbonyl (C=O) groups excluding carboxylic acids is 2. The Labute approximate surface area is 205 Å². The molecule has 2 amide bonds. The van der Waals surface area contributed by atoms with Crippen molar-refractivity contribution in [1.29, 1.82) is 0 Å². The van der Waals surface area contributed by atoms with Gasteiger partial charge < -0.3 is 10.1 Å². The van der Waals surface area contributed by atoms with Crippen molar-refractivity contribution in [2.45, 2.75) is 33.4 Å².